The second kappa shape index (κ2) is 16.6. The maximum absolute atomic E-state index is 4.45. The predicted molar refractivity (Wildman–Crippen MR) is 221 cm³/mol. The van der Waals surface area contributed by atoms with Crippen LogP contribution in [0.4, 0.5) is 5.69 Å². The third-order valence-electron chi connectivity index (χ3n) is 9.20. The lowest BCUT2D eigenvalue weighted by Gasteiger charge is -2.27. The van der Waals surface area contributed by atoms with Crippen molar-refractivity contribution in [2.75, 3.05) is 4.90 Å². The van der Waals surface area contributed by atoms with E-state index in [1.165, 1.54) is 39.0 Å². The Kier molecular flexibility index (Phi) is 11.9. The van der Waals surface area contributed by atoms with Gasteiger partial charge >= 0.3 is 0 Å². The van der Waals surface area contributed by atoms with E-state index < -0.39 is 0 Å². The fourth-order valence-electron chi connectivity index (χ4n) is 6.43. The first-order valence-electron chi connectivity index (χ1n) is 17.5. The van der Waals surface area contributed by atoms with Crippen LogP contribution in [0.2, 0.25) is 0 Å². The SMILES string of the molecule is C=C1/C=C\C(c2ccc(C)c(-c3ccccc3Cc3cc(C(=C)/C=C\C)cc(/C(C)=C/C=C\C)c3)c2)=C/N(c2ccccc2)/C(C)=C1/C=C\C. The smallest absolute Gasteiger partial charge is 0.0452 e. The zero-order valence-corrected chi connectivity index (χ0v) is 30.5. The fraction of sp³-hybridized carbons (Fsp3) is 0.143. The van der Waals surface area contributed by atoms with Crippen molar-refractivity contribution < 1.29 is 0 Å². The predicted octanol–water partition coefficient (Wildman–Crippen LogP) is 13.6. The first kappa shape index (κ1) is 35.6. The molecule has 0 atom stereocenters. The maximum atomic E-state index is 4.45. The number of rotatable bonds is 10. The van der Waals surface area contributed by atoms with Crippen molar-refractivity contribution in [2.45, 2.75) is 48.0 Å². The molecule has 1 heterocycles. The van der Waals surface area contributed by atoms with Crippen LogP contribution in [0, 0.1) is 6.92 Å². The lowest BCUT2D eigenvalue weighted by atomic mass is 9.88. The summed E-state index contributed by atoms with van der Waals surface area (Å²) in [4.78, 5) is 2.28. The van der Waals surface area contributed by atoms with Crippen LogP contribution in [-0.4, -0.2) is 0 Å². The summed E-state index contributed by atoms with van der Waals surface area (Å²) in [5, 5.41) is 0. The number of aryl methyl sites for hydroxylation is 1. The van der Waals surface area contributed by atoms with E-state index in [2.05, 4.69) is 198 Å². The summed E-state index contributed by atoms with van der Waals surface area (Å²) < 4.78 is 0. The van der Waals surface area contributed by atoms with Crippen LogP contribution >= 0.6 is 0 Å². The van der Waals surface area contributed by atoms with Gasteiger partial charge in [-0.2, -0.15) is 0 Å². The molecule has 1 aliphatic rings. The van der Waals surface area contributed by atoms with E-state index in [1.54, 1.807) is 0 Å². The highest BCUT2D eigenvalue weighted by Crippen LogP contribution is 2.35. The summed E-state index contributed by atoms with van der Waals surface area (Å²) in [6.07, 6.45) is 22.1. The lowest BCUT2D eigenvalue weighted by Crippen LogP contribution is -2.17. The molecule has 0 saturated carbocycles. The molecule has 250 valence electrons. The Labute approximate surface area is 300 Å². The van der Waals surface area contributed by atoms with Gasteiger partial charge in [-0.25, -0.2) is 0 Å². The van der Waals surface area contributed by atoms with Crippen LogP contribution in [-0.2, 0) is 6.42 Å². The van der Waals surface area contributed by atoms with Crippen LogP contribution in [0.5, 0.6) is 0 Å². The van der Waals surface area contributed by atoms with Gasteiger partial charge in [0.2, 0.25) is 0 Å². The minimum Gasteiger partial charge on any atom is -0.320 e. The first-order chi connectivity index (χ1) is 24.2. The molecule has 0 unspecified atom stereocenters. The minimum atomic E-state index is 0.808. The van der Waals surface area contributed by atoms with Crippen LogP contribution in [0.1, 0.15) is 68.0 Å². The first-order valence-corrected chi connectivity index (χ1v) is 17.5. The van der Waals surface area contributed by atoms with Gasteiger partial charge in [0, 0.05) is 23.2 Å². The van der Waals surface area contributed by atoms with Gasteiger partial charge in [-0.3, -0.25) is 0 Å². The Morgan fingerprint density at radius 3 is 2.24 bits per heavy atom. The maximum Gasteiger partial charge on any atom is 0.0452 e. The highest BCUT2D eigenvalue weighted by Gasteiger charge is 2.17. The standard InChI is InChI=1S/C49H49N/c1-9-12-20-36(5)45-31-40(30-44(32-45)35(4)18-10-2)29-42-21-16-17-24-48(42)49-33-41(27-25-38(49)7)43-28-26-37(6)47(19-11-3)39(8)50(34-43)46-22-14-13-15-23-46/h9-28,30-34H,4,6,29H2,1-3,5,7-8H3/b12-9-,18-10-,19-11-,28-26-,36-20+,43-34+,47-39-. The quantitative estimate of drug-likeness (QED) is 0.154. The number of allylic oxidation sites excluding steroid dienone is 15. The summed E-state index contributed by atoms with van der Waals surface area (Å²) in [5.41, 5.74) is 17.5. The van der Waals surface area contributed by atoms with Crippen molar-refractivity contribution in [1.29, 1.82) is 0 Å². The van der Waals surface area contributed by atoms with Gasteiger partial charge in [0.05, 0.1) is 0 Å². The molecule has 0 fully saturated rings. The van der Waals surface area contributed by atoms with Gasteiger partial charge in [0.25, 0.3) is 0 Å². The largest absolute Gasteiger partial charge is 0.320 e. The molecule has 0 spiro atoms. The molecule has 0 N–H and O–H groups in total. The van der Waals surface area contributed by atoms with Crippen molar-refractivity contribution in [3.05, 3.63) is 215 Å². The molecule has 0 aromatic heterocycles. The Hall–Kier alpha value is -5.66. The van der Waals surface area contributed by atoms with E-state index in [4.69, 9.17) is 0 Å². The van der Waals surface area contributed by atoms with Crippen LogP contribution in [0.25, 0.3) is 27.8 Å². The van der Waals surface area contributed by atoms with Gasteiger partial charge in [0.15, 0.2) is 0 Å². The molecule has 0 bridgehead atoms. The molecule has 4 aromatic carbocycles. The summed E-state index contributed by atoms with van der Waals surface area (Å²) >= 11 is 0. The second-order valence-electron chi connectivity index (χ2n) is 12.8. The number of nitrogens with zero attached hydrogens (tertiary/aromatic N) is 1. The molecule has 0 aliphatic carbocycles. The Balaban J connectivity index is 1.61. The number of hydrogen-bond acceptors (Lipinski definition) is 1. The van der Waals surface area contributed by atoms with E-state index in [0.717, 1.165) is 51.2 Å². The number of benzene rings is 4. The zero-order valence-electron chi connectivity index (χ0n) is 30.5. The average Bonchev–Trinajstić information content (AvgIpc) is 3.13. The van der Waals surface area contributed by atoms with Crippen molar-refractivity contribution in [1.82, 2.24) is 0 Å². The zero-order chi connectivity index (χ0) is 35.6. The monoisotopic (exact) mass is 651 g/mol. The van der Waals surface area contributed by atoms with Gasteiger partial charge in [-0.15, -0.1) is 0 Å². The molecule has 1 aliphatic heterocycles. The van der Waals surface area contributed by atoms with E-state index in [1.807, 2.05) is 13.8 Å². The van der Waals surface area contributed by atoms with Crippen LogP contribution in [0.3, 0.4) is 0 Å². The van der Waals surface area contributed by atoms with E-state index in [0.29, 0.717) is 0 Å². The second-order valence-corrected chi connectivity index (χ2v) is 12.8. The summed E-state index contributed by atoms with van der Waals surface area (Å²) in [7, 11) is 0. The fourth-order valence-corrected chi connectivity index (χ4v) is 6.43. The summed E-state index contributed by atoms with van der Waals surface area (Å²) in [5.74, 6) is 0. The molecular weight excluding hydrogens is 603 g/mol. The highest BCUT2D eigenvalue weighted by molar-refractivity contribution is 5.84. The molecule has 50 heavy (non-hydrogen) atoms. The van der Waals surface area contributed by atoms with E-state index >= 15 is 0 Å². The van der Waals surface area contributed by atoms with Crippen molar-refractivity contribution in [3.8, 4) is 11.1 Å². The topological polar surface area (TPSA) is 3.24 Å². The number of para-hydroxylation sites is 1. The Morgan fingerprint density at radius 1 is 0.760 bits per heavy atom. The third-order valence-corrected chi connectivity index (χ3v) is 9.20. The van der Waals surface area contributed by atoms with Gasteiger partial charge in [0.1, 0.15) is 0 Å². The molecule has 0 radical (unpaired) electrons. The van der Waals surface area contributed by atoms with Crippen molar-refractivity contribution in [2.24, 2.45) is 0 Å². The molecule has 5 rings (SSSR count). The van der Waals surface area contributed by atoms with Gasteiger partial charge in [-0.1, -0.05) is 135 Å². The number of hydrogen-bond donors (Lipinski definition) is 0. The lowest BCUT2D eigenvalue weighted by molar-refractivity contribution is 1.12. The molecule has 1 heteroatoms. The van der Waals surface area contributed by atoms with Crippen LogP contribution in [0.15, 0.2) is 182 Å². The summed E-state index contributed by atoms with van der Waals surface area (Å²) in [6.45, 7) is 21.5. The average molecular weight is 652 g/mol. The third kappa shape index (κ3) is 8.31. The molecule has 1 nitrogen and oxygen atoms in total. The molecule has 4 aromatic rings. The van der Waals surface area contributed by atoms with Crippen LogP contribution < -0.4 is 4.90 Å². The number of anilines is 1. The molecule has 0 saturated heterocycles. The normalized spacial score (nSPS) is 17.3. The molecule has 0 amide bonds. The summed E-state index contributed by atoms with van der Waals surface area (Å²) in [6, 6.07) is 33.1. The highest BCUT2D eigenvalue weighted by atomic mass is 15.1. The van der Waals surface area contributed by atoms with Crippen molar-refractivity contribution in [3.63, 3.8) is 0 Å². The Bertz CT molecular complexity index is 2100. The van der Waals surface area contributed by atoms with E-state index in [9.17, 15) is 0 Å². The van der Waals surface area contributed by atoms with Crippen molar-refractivity contribution >= 4 is 22.4 Å². The Morgan fingerprint density at radius 2 is 1.50 bits per heavy atom. The molecular formula is C49H49N. The van der Waals surface area contributed by atoms with E-state index in [-0.39, 0.29) is 0 Å². The van der Waals surface area contributed by atoms with Gasteiger partial charge in [-0.05, 0) is 139 Å². The van der Waals surface area contributed by atoms with Gasteiger partial charge < -0.3 is 4.90 Å². The minimum absolute atomic E-state index is 0.808.